The van der Waals surface area contributed by atoms with Gasteiger partial charge in [0, 0.05) is 0 Å². The molecular weight excluding hydrogens is 255 g/mol. The van der Waals surface area contributed by atoms with Gasteiger partial charge in [0.1, 0.15) is 19.5 Å². The Morgan fingerprint density at radius 3 is 2.22 bits per heavy atom. The van der Waals surface area contributed by atoms with Gasteiger partial charge in [-0.25, -0.2) is 0 Å². The summed E-state index contributed by atoms with van der Waals surface area (Å²) in [4.78, 5) is 0. The molecule has 0 saturated heterocycles. The van der Waals surface area contributed by atoms with E-state index in [2.05, 4.69) is 0 Å². The van der Waals surface area contributed by atoms with Crippen LogP contribution in [0.15, 0.2) is 11.8 Å². The van der Waals surface area contributed by atoms with E-state index in [9.17, 15) is 4.57 Å². The van der Waals surface area contributed by atoms with Gasteiger partial charge in [-0.3, -0.25) is 4.57 Å². The van der Waals surface area contributed by atoms with Gasteiger partial charge in [0.2, 0.25) is 5.50 Å². The summed E-state index contributed by atoms with van der Waals surface area (Å²) in [5.74, 6) is 0. The van der Waals surface area contributed by atoms with Crippen LogP contribution in [0.1, 0.15) is 39.5 Å². The monoisotopic (exact) mass is 278 g/mol. The molecule has 0 spiro atoms. The molecule has 0 N–H and O–H groups in total. The average molecular weight is 278 g/mol. The highest BCUT2D eigenvalue weighted by Crippen LogP contribution is 2.57. The standard InChI is InChI=1S/C12H23O5P/c1-3-5-7-16-18(13,17-8-6-4-2)12-11-14-9-10-15-12/h11H,3-10H2,1-2H3. The van der Waals surface area contributed by atoms with Crippen molar-refractivity contribution in [3.8, 4) is 0 Å². The maximum absolute atomic E-state index is 12.6. The number of hydrogen-bond acceptors (Lipinski definition) is 5. The summed E-state index contributed by atoms with van der Waals surface area (Å²) in [5.41, 5.74) is 0.195. The van der Waals surface area contributed by atoms with Crippen molar-refractivity contribution in [2.75, 3.05) is 26.4 Å². The minimum atomic E-state index is -3.34. The van der Waals surface area contributed by atoms with E-state index < -0.39 is 7.60 Å². The molecule has 0 aromatic heterocycles. The molecule has 0 saturated carbocycles. The maximum Gasteiger partial charge on any atom is 0.398 e. The fourth-order valence-electron chi connectivity index (χ4n) is 1.32. The van der Waals surface area contributed by atoms with Crippen LogP contribution >= 0.6 is 7.60 Å². The second kappa shape index (κ2) is 8.57. The molecule has 0 aromatic rings. The summed E-state index contributed by atoms with van der Waals surface area (Å²) < 4.78 is 33.9. The minimum absolute atomic E-state index is 0.195. The Balaban J connectivity index is 2.59. The van der Waals surface area contributed by atoms with E-state index in [-0.39, 0.29) is 5.50 Å². The number of hydrogen-bond donors (Lipinski definition) is 0. The van der Waals surface area contributed by atoms with Crippen LogP contribution in [0, 0.1) is 0 Å². The van der Waals surface area contributed by atoms with Crippen molar-refractivity contribution in [3.05, 3.63) is 11.8 Å². The molecule has 6 heteroatoms. The lowest BCUT2D eigenvalue weighted by atomic mass is 10.4. The van der Waals surface area contributed by atoms with Crippen molar-refractivity contribution in [1.82, 2.24) is 0 Å². The molecule has 1 aliphatic rings. The normalized spacial score (nSPS) is 15.8. The summed E-state index contributed by atoms with van der Waals surface area (Å²) in [6.07, 6.45) is 4.99. The van der Waals surface area contributed by atoms with Crippen molar-refractivity contribution >= 4 is 7.60 Å². The van der Waals surface area contributed by atoms with Crippen LogP contribution in [-0.4, -0.2) is 26.4 Å². The highest BCUT2D eigenvalue weighted by Gasteiger charge is 2.34. The van der Waals surface area contributed by atoms with E-state index in [1.807, 2.05) is 13.8 Å². The largest absolute Gasteiger partial charge is 0.493 e. The molecule has 0 aromatic carbocycles. The molecule has 0 fully saturated rings. The molecule has 18 heavy (non-hydrogen) atoms. The molecule has 0 amide bonds. The van der Waals surface area contributed by atoms with Gasteiger partial charge in [0.05, 0.1) is 13.2 Å². The summed E-state index contributed by atoms with van der Waals surface area (Å²) in [5, 5.41) is 0. The van der Waals surface area contributed by atoms with Gasteiger partial charge >= 0.3 is 7.60 Å². The lowest BCUT2D eigenvalue weighted by Gasteiger charge is -2.23. The van der Waals surface area contributed by atoms with E-state index in [4.69, 9.17) is 18.5 Å². The molecule has 1 aliphatic heterocycles. The zero-order chi connectivity index (χ0) is 13.3. The summed E-state index contributed by atoms with van der Waals surface area (Å²) in [7, 11) is -3.34. The minimum Gasteiger partial charge on any atom is -0.493 e. The average Bonchev–Trinajstić information content (AvgIpc) is 2.40. The van der Waals surface area contributed by atoms with Crippen molar-refractivity contribution in [1.29, 1.82) is 0 Å². The van der Waals surface area contributed by atoms with Crippen molar-refractivity contribution in [2.24, 2.45) is 0 Å². The van der Waals surface area contributed by atoms with Crippen molar-refractivity contribution in [3.63, 3.8) is 0 Å². The van der Waals surface area contributed by atoms with Gasteiger partial charge in [0.15, 0.2) is 0 Å². The van der Waals surface area contributed by atoms with Crippen LogP contribution in [0.2, 0.25) is 0 Å². The van der Waals surface area contributed by atoms with E-state index in [1.54, 1.807) is 0 Å². The predicted octanol–water partition coefficient (Wildman–Crippen LogP) is 3.66. The van der Waals surface area contributed by atoms with E-state index in [0.29, 0.717) is 26.4 Å². The van der Waals surface area contributed by atoms with E-state index >= 15 is 0 Å². The van der Waals surface area contributed by atoms with E-state index in [0.717, 1.165) is 25.7 Å². The van der Waals surface area contributed by atoms with Crippen LogP contribution in [0.25, 0.3) is 0 Å². The second-order valence-corrected chi connectivity index (χ2v) is 6.00. The lowest BCUT2D eigenvalue weighted by Crippen LogP contribution is -2.11. The number of ether oxygens (including phenoxy) is 2. The molecule has 0 aliphatic carbocycles. The quantitative estimate of drug-likeness (QED) is 0.476. The first kappa shape index (κ1) is 15.5. The Labute approximate surface area is 109 Å². The molecule has 0 radical (unpaired) electrons. The van der Waals surface area contributed by atoms with Crippen LogP contribution in [0.4, 0.5) is 0 Å². The summed E-state index contributed by atoms with van der Waals surface area (Å²) >= 11 is 0. The summed E-state index contributed by atoms with van der Waals surface area (Å²) in [6.45, 7) is 5.75. The van der Waals surface area contributed by atoms with Gasteiger partial charge in [0.25, 0.3) is 0 Å². The van der Waals surface area contributed by atoms with Gasteiger partial charge < -0.3 is 18.5 Å². The summed E-state index contributed by atoms with van der Waals surface area (Å²) in [6, 6.07) is 0. The number of rotatable bonds is 9. The fraction of sp³-hybridized carbons (Fsp3) is 0.833. The highest BCUT2D eigenvalue weighted by molar-refractivity contribution is 7.58. The van der Waals surface area contributed by atoms with Gasteiger partial charge in [-0.15, -0.1) is 0 Å². The molecule has 0 bridgehead atoms. The third-order valence-corrected chi connectivity index (χ3v) is 4.24. The zero-order valence-electron chi connectivity index (χ0n) is 11.2. The fourth-order valence-corrected chi connectivity index (χ4v) is 2.85. The Morgan fingerprint density at radius 2 is 1.78 bits per heavy atom. The van der Waals surface area contributed by atoms with Crippen LogP contribution in [-0.2, 0) is 23.1 Å². The Kier molecular flexibility index (Phi) is 7.40. The van der Waals surface area contributed by atoms with Crippen LogP contribution in [0.5, 0.6) is 0 Å². The molecule has 1 rings (SSSR count). The van der Waals surface area contributed by atoms with Gasteiger partial charge in [-0.2, -0.15) is 0 Å². The zero-order valence-corrected chi connectivity index (χ0v) is 12.1. The smallest absolute Gasteiger partial charge is 0.398 e. The van der Waals surface area contributed by atoms with Crippen molar-refractivity contribution in [2.45, 2.75) is 39.5 Å². The third-order valence-electron chi connectivity index (χ3n) is 2.42. The Hall–Kier alpha value is -0.510. The van der Waals surface area contributed by atoms with E-state index in [1.165, 1.54) is 6.26 Å². The molecule has 0 unspecified atom stereocenters. The molecule has 106 valence electrons. The molecular formula is C12H23O5P. The van der Waals surface area contributed by atoms with Gasteiger partial charge in [-0.05, 0) is 12.8 Å². The first-order chi connectivity index (χ1) is 8.73. The highest BCUT2D eigenvalue weighted by atomic mass is 31.2. The van der Waals surface area contributed by atoms with Crippen LogP contribution in [0.3, 0.4) is 0 Å². The topological polar surface area (TPSA) is 54.0 Å². The van der Waals surface area contributed by atoms with Crippen LogP contribution < -0.4 is 0 Å². The van der Waals surface area contributed by atoms with Gasteiger partial charge in [-0.1, -0.05) is 26.7 Å². The molecule has 0 atom stereocenters. The number of unbranched alkanes of at least 4 members (excludes halogenated alkanes) is 2. The second-order valence-electron chi connectivity index (χ2n) is 4.05. The molecule has 5 nitrogen and oxygen atoms in total. The third kappa shape index (κ3) is 5.01. The Bertz CT molecular complexity index is 289. The lowest BCUT2D eigenvalue weighted by molar-refractivity contribution is 0.0842. The Morgan fingerprint density at radius 1 is 1.17 bits per heavy atom. The molecule has 1 heterocycles. The predicted molar refractivity (Wildman–Crippen MR) is 69.3 cm³/mol. The first-order valence-electron chi connectivity index (χ1n) is 6.57. The van der Waals surface area contributed by atoms with Crippen molar-refractivity contribution < 1.29 is 23.1 Å². The maximum atomic E-state index is 12.6. The SMILES string of the molecule is CCCCOP(=O)(OCCCC)C1=COCCO1. The first-order valence-corrected chi connectivity index (χ1v) is 8.11.